The van der Waals surface area contributed by atoms with Gasteiger partial charge in [0, 0.05) is 12.8 Å². The molecule has 66 heavy (non-hydrogen) atoms. The highest BCUT2D eigenvalue weighted by Crippen LogP contribution is 2.16. The van der Waals surface area contributed by atoms with Crippen molar-refractivity contribution in [1.82, 2.24) is 0 Å². The van der Waals surface area contributed by atoms with Gasteiger partial charge in [-0.2, -0.15) is 0 Å². The van der Waals surface area contributed by atoms with Crippen molar-refractivity contribution in [2.75, 3.05) is 13.2 Å². The molecule has 5 nitrogen and oxygen atoms in total. The van der Waals surface area contributed by atoms with Crippen LogP contribution < -0.4 is 0 Å². The first-order valence-electron chi connectivity index (χ1n) is 28.1. The molecule has 0 aliphatic rings. The number of ether oxygens (including phenoxy) is 2. The van der Waals surface area contributed by atoms with Gasteiger partial charge in [-0.05, 0) is 89.9 Å². The van der Waals surface area contributed by atoms with Gasteiger partial charge in [-0.1, -0.05) is 253 Å². The van der Waals surface area contributed by atoms with Crippen LogP contribution in [0.4, 0.5) is 0 Å². The van der Waals surface area contributed by atoms with E-state index in [1.54, 1.807) is 0 Å². The molecule has 380 valence electrons. The van der Waals surface area contributed by atoms with Gasteiger partial charge in [-0.25, -0.2) is 0 Å². The molecular weight excluding hydrogens is 813 g/mol. The molecule has 0 aromatic carbocycles. The minimum Gasteiger partial charge on any atom is -0.462 e. The fourth-order valence-electron chi connectivity index (χ4n) is 7.97. The second-order valence-corrected chi connectivity index (χ2v) is 18.6. The first-order valence-corrected chi connectivity index (χ1v) is 28.1. The monoisotopic (exact) mass is 919 g/mol. The van der Waals surface area contributed by atoms with Crippen LogP contribution in [0.25, 0.3) is 0 Å². The van der Waals surface area contributed by atoms with Crippen molar-refractivity contribution in [1.29, 1.82) is 0 Å². The highest BCUT2D eigenvalue weighted by molar-refractivity contribution is 5.70. The Labute approximate surface area is 409 Å². The van der Waals surface area contributed by atoms with Gasteiger partial charge >= 0.3 is 11.9 Å². The van der Waals surface area contributed by atoms with E-state index in [4.69, 9.17) is 9.47 Å². The normalized spacial score (nSPS) is 12.8. The van der Waals surface area contributed by atoms with E-state index in [0.29, 0.717) is 12.8 Å². The molecule has 0 bridgehead atoms. The van der Waals surface area contributed by atoms with Crippen LogP contribution in [0.2, 0.25) is 0 Å². The van der Waals surface area contributed by atoms with Gasteiger partial charge in [-0.15, -0.1) is 0 Å². The minimum atomic E-state index is -0.781. The van der Waals surface area contributed by atoms with Gasteiger partial charge in [0.15, 0.2) is 6.10 Å². The zero-order valence-electron chi connectivity index (χ0n) is 43.4. The van der Waals surface area contributed by atoms with E-state index in [0.717, 1.165) is 83.5 Å². The molecule has 0 fully saturated rings. The molecule has 0 aromatic heterocycles. The highest BCUT2D eigenvalue weighted by Gasteiger charge is 2.16. The van der Waals surface area contributed by atoms with Crippen LogP contribution in [-0.4, -0.2) is 36.4 Å². The van der Waals surface area contributed by atoms with Crippen LogP contribution in [0.1, 0.15) is 271 Å². The molecule has 0 saturated carbocycles. The van der Waals surface area contributed by atoms with E-state index in [1.165, 1.54) is 161 Å². The van der Waals surface area contributed by atoms with Crippen LogP contribution in [-0.2, 0) is 19.1 Å². The van der Waals surface area contributed by atoms with E-state index in [-0.39, 0.29) is 25.2 Å². The maximum atomic E-state index is 12.3. The second kappa shape index (κ2) is 56.4. The average molecular weight is 920 g/mol. The number of esters is 2. The summed E-state index contributed by atoms with van der Waals surface area (Å²) in [6, 6.07) is 0. The maximum absolute atomic E-state index is 12.3. The Bertz CT molecular complexity index is 1220. The Morgan fingerprint density at radius 1 is 0.364 bits per heavy atom. The van der Waals surface area contributed by atoms with Crippen molar-refractivity contribution in [3.8, 4) is 0 Å². The fourth-order valence-corrected chi connectivity index (χ4v) is 7.97. The molecule has 0 saturated heterocycles. The van der Waals surface area contributed by atoms with Gasteiger partial charge < -0.3 is 14.6 Å². The predicted molar refractivity (Wildman–Crippen MR) is 288 cm³/mol. The van der Waals surface area contributed by atoms with Gasteiger partial charge in [0.25, 0.3) is 0 Å². The number of rotatable bonds is 51. The van der Waals surface area contributed by atoms with Crippen LogP contribution >= 0.6 is 0 Å². The summed E-state index contributed by atoms with van der Waals surface area (Å²) in [4.78, 5) is 24.5. The Kier molecular flexibility index (Phi) is 53.9. The molecule has 1 N–H and O–H groups in total. The summed E-state index contributed by atoms with van der Waals surface area (Å²) in [7, 11) is 0. The molecule has 0 radical (unpaired) electrons. The van der Waals surface area contributed by atoms with Crippen LogP contribution in [0.3, 0.4) is 0 Å². The molecular formula is C61H106O5. The quantitative estimate of drug-likeness (QED) is 0.0374. The topological polar surface area (TPSA) is 72.8 Å². The number of carbonyl (C=O) groups excluding carboxylic acids is 2. The van der Waals surface area contributed by atoms with Gasteiger partial charge in [0.2, 0.25) is 0 Å². The Hall–Kier alpha value is -2.92. The van der Waals surface area contributed by atoms with Gasteiger partial charge in [-0.3, -0.25) is 9.59 Å². The summed E-state index contributed by atoms with van der Waals surface area (Å²) in [5.41, 5.74) is 0. The zero-order valence-corrected chi connectivity index (χ0v) is 43.4. The number of hydrogen-bond acceptors (Lipinski definition) is 5. The zero-order chi connectivity index (χ0) is 47.7. The third-order valence-corrected chi connectivity index (χ3v) is 12.2. The molecule has 0 aromatic rings. The first-order chi connectivity index (χ1) is 32.6. The van der Waals surface area contributed by atoms with Gasteiger partial charge in [0.1, 0.15) is 6.61 Å². The van der Waals surface area contributed by atoms with E-state index in [2.05, 4.69) is 98.9 Å². The summed E-state index contributed by atoms with van der Waals surface area (Å²) >= 11 is 0. The third kappa shape index (κ3) is 53.7. The summed E-state index contributed by atoms with van der Waals surface area (Å²) in [6.45, 7) is 4.03. The molecule has 0 aliphatic heterocycles. The lowest BCUT2D eigenvalue weighted by Crippen LogP contribution is -2.28. The molecule has 1 atom stereocenters. The second-order valence-electron chi connectivity index (χ2n) is 18.6. The number of carbonyl (C=O) groups is 2. The molecule has 0 heterocycles. The van der Waals surface area contributed by atoms with Crippen molar-refractivity contribution in [3.05, 3.63) is 85.1 Å². The van der Waals surface area contributed by atoms with Crippen molar-refractivity contribution >= 4 is 11.9 Å². The molecule has 5 heteroatoms. The lowest BCUT2D eigenvalue weighted by Gasteiger charge is -2.15. The third-order valence-electron chi connectivity index (χ3n) is 12.2. The molecule has 1 unspecified atom stereocenters. The van der Waals surface area contributed by atoms with Crippen molar-refractivity contribution in [3.63, 3.8) is 0 Å². The van der Waals surface area contributed by atoms with Crippen molar-refractivity contribution < 1.29 is 24.2 Å². The van der Waals surface area contributed by atoms with E-state index < -0.39 is 6.10 Å². The van der Waals surface area contributed by atoms with Crippen molar-refractivity contribution in [2.24, 2.45) is 0 Å². The Balaban J connectivity index is 3.49. The minimum absolute atomic E-state index is 0.0713. The largest absolute Gasteiger partial charge is 0.462 e. The number of aliphatic hydroxyl groups is 1. The summed E-state index contributed by atoms with van der Waals surface area (Å²) in [5.74, 6) is -0.596. The van der Waals surface area contributed by atoms with E-state index in [1.807, 2.05) is 0 Å². The predicted octanol–water partition coefficient (Wildman–Crippen LogP) is 19.0. The van der Waals surface area contributed by atoms with Gasteiger partial charge in [0.05, 0.1) is 6.61 Å². The van der Waals surface area contributed by atoms with E-state index in [9.17, 15) is 14.7 Å². The van der Waals surface area contributed by atoms with Crippen LogP contribution in [0.5, 0.6) is 0 Å². The summed E-state index contributed by atoms with van der Waals surface area (Å²) in [5, 5.41) is 9.65. The summed E-state index contributed by atoms with van der Waals surface area (Å²) < 4.78 is 10.7. The Morgan fingerprint density at radius 2 is 0.652 bits per heavy atom. The lowest BCUT2D eigenvalue weighted by atomic mass is 10.0. The number of hydrogen-bond donors (Lipinski definition) is 1. The standard InChI is InChI=1S/C61H106O5/c1-3-5-7-9-11-13-15-17-19-21-23-25-26-27-28-29-30-31-32-33-34-36-37-39-41-43-45-47-49-51-53-55-60(63)65-58-59(57-62)66-61(64)56-54-52-50-48-46-44-42-40-38-35-24-22-20-18-16-14-12-10-8-6-4-2/h6,8,12,14-15,17-18,20-21,23-24,26-27,35,59,62H,3-5,7,9-11,13,16,19,22,25,28-34,36-58H2,1-2H3/b8-6-,14-12-,17-15-,20-18-,23-21-,27-26-,35-24-. The Morgan fingerprint density at radius 3 is 0.985 bits per heavy atom. The smallest absolute Gasteiger partial charge is 0.306 e. The molecule has 0 spiro atoms. The van der Waals surface area contributed by atoms with E-state index >= 15 is 0 Å². The van der Waals surface area contributed by atoms with Crippen LogP contribution in [0.15, 0.2) is 85.1 Å². The fraction of sp³-hybridized carbons (Fsp3) is 0.738. The number of unbranched alkanes of at least 4 members (excludes halogenated alkanes) is 29. The first kappa shape index (κ1) is 63.1. The lowest BCUT2D eigenvalue weighted by molar-refractivity contribution is -0.161. The molecule has 0 amide bonds. The molecule has 0 aliphatic carbocycles. The number of allylic oxidation sites excluding steroid dienone is 14. The maximum Gasteiger partial charge on any atom is 0.306 e. The number of aliphatic hydroxyl groups excluding tert-OH is 1. The average Bonchev–Trinajstić information content (AvgIpc) is 3.32. The summed E-state index contributed by atoms with van der Waals surface area (Å²) in [6.07, 6.45) is 78.4. The van der Waals surface area contributed by atoms with Crippen molar-refractivity contribution in [2.45, 2.75) is 277 Å². The molecule has 0 rings (SSSR count). The van der Waals surface area contributed by atoms with Crippen LogP contribution in [0, 0.1) is 0 Å². The highest BCUT2D eigenvalue weighted by atomic mass is 16.6. The SMILES string of the molecule is CC/C=C\C/C=C\C/C=C\C/C=C\CCCCCCCCCCC(=O)OC(CO)COC(=O)CCCCCCCCCCCCCCCCCC/C=C\C/C=C\C/C=C\CCCCCCC.